The Labute approximate surface area is 115 Å². The molecule has 0 spiro atoms. The molecule has 2 aromatic rings. The molecular formula is C12H10ClFN2O2S. The molecule has 0 amide bonds. The molecular weight excluding hydrogens is 291 g/mol. The van der Waals surface area contributed by atoms with Crippen LogP contribution in [0.15, 0.2) is 47.6 Å². The summed E-state index contributed by atoms with van der Waals surface area (Å²) in [6.45, 7) is -0.0175. The molecule has 0 radical (unpaired) electrons. The van der Waals surface area contributed by atoms with Gasteiger partial charge in [-0.05, 0) is 29.8 Å². The van der Waals surface area contributed by atoms with Crippen LogP contribution < -0.4 is 4.72 Å². The van der Waals surface area contributed by atoms with Crippen molar-refractivity contribution in [1.82, 2.24) is 9.71 Å². The van der Waals surface area contributed by atoms with Gasteiger partial charge < -0.3 is 0 Å². The second-order valence-corrected chi connectivity index (χ2v) is 5.92. The number of nitrogens with one attached hydrogen (secondary N) is 1. The molecule has 0 unspecified atom stereocenters. The van der Waals surface area contributed by atoms with Gasteiger partial charge in [-0.2, -0.15) is 0 Å². The summed E-state index contributed by atoms with van der Waals surface area (Å²) >= 11 is 5.82. The second-order valence-electron chi connectivity index (χ2n) is 3.75. The van der Waals surface area contributed by atoms with Crippen LogP contribution >= 0.6 is 11.6 Å². The Kier molecular flexibility index (Phi) is 4.14. The van der Waals surface area contributed by atoms with Crippen molar-refractivity contribution in [3.05, 3.63) is 59.1 Å². The fourth-order valence-corrected chi connectivity index (χ4v) is 2.63. The Morgan fingerprint density at radius 3 is 2.74 bits per heavy atom. The summed E-state index contributed by atoms with van der Waals surface area (Å²) in [4.78, 5) is 3.80. The Bertz CT molecular complexity index is 677. The van der Waals surface area contributed by atoms with Gasteiger partial charge in [0.2, 0.25) is 10.0 Å². The topological polar surface area (TPSA) is 59.1 Å². The molecule has 19 heavy (non-hydrogen) atoms. The SMILES string of the molecule is O=S(=O)(NCc1ccc(F)cc1Cl)c1cccnc1. The van der Waals surface area contributed by atoms with E-state index in [1.165, 1.54) is 36.7 Å². The summed E-state index contributed by atoms with van der Waals surface area (Å²) in [5, 5.41) is 0.175. The van der Waals surface area contributed by atoms with E-state index < -0.39 is 15.8 Å². The van der Waals surface area contributed by atoms with Crippen LogP contribution in [-0.4, -0.2) is 13.4 Å². The van der Waals surface area contributed by atoms with Crippen LogP contribution in [-0.2, 0) is 16.6 Å². The molecule has 100 valence electrons. The summed E-state index contributed by atoms with van der Waals surface area (Å²) < 4.78 is 39.1. The Morgan fingerprint density at radius 1 is 1.32 bits per heavy atom. The number of hydrogen-bond donors (Lipinski definition) is 1. The molecule has 0 saturated heterocycles. The van der Waals surface area contributed by atoms with Gasteiger partial charge >= 0.3 is 0 Å². The molecule has 0 fully saturated rings. The number of hydrogen-bond acceptors (Lipinski definition) is 3. The normalized spacial score (nSPS) is 11.5. The highest BCUT2D eigenvalue weighted by Crippen LogP contribution is 2.17. The van der Waals surface area contributed by atoms with Crippen LogP contribution in [0.4, 0.5) is 4.39 Å². The molecule has 0 bridgehead atoms. The van der Waals surface area contributed by atoms with Crippen molar-refractivity contribution in [2.45, 2.75) is 11.4 Å². The lowest BCUT2D eigenvalue weighted by Crippen LogP contribution is -2.23. The van der Waals surface area contributed by atoms with Crippen LogP contribution in [0, 0.1) is 5.82 Å². The minimum absolute atomic E-state index is 0.0175. The predicted octanol–water partition coefficient (Wildman–Crippen LogP) is 2.35. The number of pyridine rings is 1. The van der Waals surface area contributed by atoms with Crippen molar-refractivity contribution >= 4 is 21.6 Å². The number of rotatable bonds is 4. The maximum Gasteiger partial charge on any atom is 0.242 e. The first-order valence-corrected chi connectivity index (χ1v) is 7.19. The highest BCUT2D eigenvalue weighted by atomic mass is 35.5. The van der Waals surface area contributed by atoms with Crippen LogP contribution in [0.25, 0.3) is 0 Å². The third-order valence-electron chi connectivity index (χ3n) is 2.41. The average molecular weight is 301 g/mol. The van der Waals surface area contributed by atoms with Crippen LogP contribution in [0.2, 0.25) is 5.02 Å². The van der Waals surface area contributed by atoms with Crippen molar-refractivity contribution in [2.24, 2.45) is 0 Å². The zero-order valence-electron chi connectivity index (χ0n) is 9.68. The van der Waals surface area contributed by atoms with E-state index in [1.807, 2.05) is 0 Å². The number of nitrogens with zero attached hydrogens (tertiary/aromatic N) is 1. The third kappa shape index (κ3) is 3.50. The summed E-state index contributed by atoms with van der Waals surface area (Å²) in [6, 6.07) is 6.75. The van der Waals surface area contributed by atoms with E-state index in [-0.39, 0.29) is 16.5 Å². The Morgan fingerprint density at radius 2 is 2.11 bits per heavy atom. The van der Waals surface area contributed by atoms with Gasteiger partial charge in [-0.3, -0.25) is 4.98 Å². The molecule has 1 aromatic carbocycles. The van der Waals surface area contributed by atoms with Crippen molar-refractivity contribution in [1.29, 1.82) is 0 Å². The highest BCUT2D eigenvalue weighted by molar-refractivity contribution is 7.89. The number of sulfonamides is 1. The van der Waals surface area contributed by atoms with Crippen molar-refractivity contribution in [3.8, 4) is 0 Å². The number of halogens is 2. The molecule has 0 aliphatic rings. The van der Waals surface area contributed by atoms with Gasteiger partial charge in [0.25, 0.3) is 0 Å². The predicted molar refractivity (Wildman–Crippen MR) is 69.7 cm³/mol. The summed E-state index contributed by atoms with van der Waals surface area (Å²) in [6.07, 6.45) is 2.73. The Balaban J connectivity index is 2.14. The second kappa shape index (κ2) is 5.64. The first-order chi connectivity index (χ1) is 8.99. The van der Waals surface area contributed by atoms with E-state index in [4.69, 9.17) is 11.6 Å². The van der Waals surface area contributed by atoms with Crippen molar-refractivity contribution in [2.75, 3.05) is 0 Å². The van der Waals surface area contributed by atoms with E-state index in [0.717, 1.165) is 6.07 Å². The largest absolute Gasteiger partial charge is 0.263 e. The molecule has 0 atom stereocenters. The van der Waals surface area contributed by atoms with E-state index >= 15 is 0 Å². The van der Waals surface area contributed by atoms with E-state index in [0.29, 0.717) is 5.56 Å². The molecule has 4 nitrogen and oxygen atoms in total. The number of aromatic nitrogens is 1. The van der Waals surface area contributed by atoms with Gasteiger partial charge in [-0.1, -0.05) is 17.7 Å². The molecule has 1 heterocycles. The highest BCUT2D eigenvalue weighted by Gasteiger charge is 2.14. The van der Waals surface area contributed by atoms with Gasteiger partial charge in [-0.15, -0.1) is 0 Å². The lowest BCUT2D eigenvalue weighted by Gasteiger charge is -2.07. The summed E-state index contributed by atoms with van der Waals surface area (Å²) in [5.41, 5.74) is 0.496. The molecule has 7 heteroatoms. The monoisotopic (exact) mass is 300 g/mol. The molecule has 0 aliphatic carbocycles. The fraction of sp³-hybridized carbons (Fsp3) is 0.0833. The molecule has 0 aliphatic heterocycles. The first kappa shape index (κ1) is 13.9. The third-order valence-corrected chi connectivity index (χ3v) is 4.15. The zero-order valence-corrected chi connectivity index (χ0v) is 11.2. The quantitative estimate of drug-likeness (QED) is 0.943. The number of benzene rings is 1. The molecule has 1 N–H and O–H groups in total. The average Bonchev–Trinajstić information content (AvgIpc) is 2.39. The minimum atomic E-state index is -3.65. The van der Waals surface area contributed by atoms with Crippen molar-refractivity contribution in [3.63, 3.8) is 0 Å². The fourth-order valence-electron chi connectivity index (χ4n) is 1.43. The van der Waals surface area contributed by atoms with Crippen LogP contribution in [0.1, 0.15) is 5.56 Å². The van der Waals surface area contributed by atoms with Gasteiger partial charge in [-0.25, -0.2) is 17.5 Å². The first-order valence-electron chi connectivity index (χ1n) is 5.33. The van der Waals surface area contributed by atoms with E-state index in [2.05, 4.69) is 9.71 Å². The standard InChI is InChI=1S/C12H10ClFN2O2S/c13-12-6-10(14)4-3-9(12)7-16-19(17,18)11-2-1-5-15-8-11/h1-6,8,16H,7H2. The lowest BCUT2D eigenvalue weighted by atomic mass is 10.2. The van der Waals surface area contributed by atoms with Crippen molar-refractivity contribution < 1.29 is 12.8 Å². The van der Waals surface area contributed by atoms with E-state index in [1.54, 1.807) is 0 Å². The summed E-state index contributed by atoms with van der Waals surface area (Å²) in [5.74, 6) is -0.469. The Hall–Kier alpha value is -1.50. The van der Waals surface area contributed by atoms with Gasteiger partial charge in [0.15, 0.2) is 0 Å². The zero-order chi connectivity index (χ0) is 13.9. The lowest BCUT2D eigenvalue weighted by molar-refractivity contribution is 0.581. The van der Waals surface area contributed by atoms with Gasteiger partial charge in [0, 0.05) is 24.0 Å². The van der Waals surface area contributed by atoms with Gasteiger partial charge in [0.1, 0.15) is 10.7 Å². The smallest absolute Gasteiger partial charge is 0.242 e. The molecule has 1 aromatic heterocycles. The molecule has 2 rings (SSSR count). The van der Waals surface area contributed by atoms with Gasteiger partial charge in [0.05, 0.1) is 0 Å². The minimum Gasteiger partial charge on any atom is -0.263 e. The van der Waals surface area contributed by atoms with E-state index in [9.17, 15) is 12.8 Å². The maximum atomic E-state index is 12.9. The summed E-state index contributed by atoms with van der Waals surface area (Å²) in [7, 11) is -3.65. The maximum absolute atomic E-state index is 12.9. The molecule has 0 saturated carbocycles. The van der Waals surface area contributed by atoms with Crippen LogP contribution in [0.3, 0.4) is 0 Å². The van der Waals surface area contributed by atoms with Crippen LogP contribution in [0.5, 0.6) is 0 Å².